The van der Waals surface area contributed by atoms with Crippen LogP contribution >= 0.6 is 0 Å². The second-order valence-corrected chi connectivity index (χ2v) is 6.53. The highest BCUT2D eigenvalue weighted by Gasteiger charge is 2.34. The predicted octanol–water partition coefficient (Wildman–Crippen LogP) is 2.20. The highest BCUT2D eigenvalue weighted by molar-refractivity contribution is 5.93. The number of methoxy groups -OCH3 is 1. The van der Waals surface area contributed by atoms with Gasteiger partial charge in [0.05, 0.1) is 31.1 Å². The number of nitrogens with one attached hydrogen (secondary N) is 1. The lowest BCUT2D eigenvalue weighted by molar-refractivity contribution is 0.0923. The van der Waals surface area contributed by atoms with Crippen molar-refractivity contribution in [1.82, 2.24) is 20.1 Å². The molecule has 0 saturated heterocycles. The number of hydrogen-bond acceptors (Lipinski definition) is 5. The molecule has 2 aliphatic carbocycles. The lowest BCUT2D eigenvalue weighted by Gasteiger charge is -2.25. The van der Waals surface area contributed by atoms with Gasteiger partial charge < -0.3 is 14.5 Å². The van der Waals surface area contributed by atoms with Crippen LogP contribution in [0, 0.1) is 0 Å². The van der Waals surface area contributed by atoms with Crippen LogP contribution in [0.3, 0.4) is 0 Å². The Kier molecular flexibility index (Phi) is 4.10. The van der Waals surface area contributed by atoms with Gasteiger partial charge >= 0.3 is 0 Å². The second kappa shape index (κ2) is 6.39. The maximum Gasteiger partial charge on any atom is 0.274 e. The number of hydrogen-bond donors (Lipinski definition) is 1. The minimum absolute atomic E-state index is 0.0376. The largest absolute Gasteiger partial charge is 0.447 e. The fourth-order valence-electron chi connectivity index (χ4n) is 3.45. The van der Waals surface area contributed by atoms with E-state index in [1.165, 1.54) is 12.0 Å². The molecular formula is C17H22N4O3. The molecule has 2 aromatic rings. The fourth-order valence-corrected chi connectivity index (χ4v) is 3.45. The molecule has 0 aromatic carbocycles. The molecule has 1 N–H and O–H groups in total. The molecule has 7 heteroatoms. The van der Waals surface area contributed by atoms with Gasteiger partial charge in [-0.3, -0.25) is 9.48 Å². The van der Waals surface area contributed by atoms with Crippen LogP contribution in [0.5, 0.6) is 0 Å². The minimum Gasteiger partial charge on any atom is -0.447 e. The van der Waals surface area contributed by atoms with E-state index in [-0.39, 0.29) is 11.9 Å². The van der Waals surface area contributed by atoms with Crippen LogP contribution in [-0.4, -0.2) is 34.4 Å². The first-order chi connectivity index (χ1) is 11.8. The molecule has 2 aromatic heterocycles. The van der Waals surface area contributed by atoms with Crippen LogP contribution in [0.1, 0.15) is 65.1 Å². The summed E-state index contributed by atoms with van der Waals surface area (Å²) in [6, 6.07) is -0.0376. The van der Waals surface area contributed by atoms with Crippen molar-refractivity contribution < 1.29 is 13.9 Å². The van der Waals surface area contributed by atoms with Gasteiger partial charge in [0.25, 0.3) is 5.91 Å². The second-order valence-electron chi connectivity index (χ2n) is 6.53. The summed E-state index contributed by atoms with van der Waals surface area (Å²) in [6.07, 6.45) is 8.40. The van der Waals surface area contributed by atoms with Gasteiger partial charge in [-0.2, -0.15) is 5.10 Å². The zero-order chi connectivity index (χ0) is 16.5. The molecule has 1 amide bonds. The van der Waals surface area contributed by atoms with Gasteiger partial charge in [0.15, 0.2) is 12.1 Å². The summed E-state index contributed by atoms with van der Waals surface area (Å²) in [5, 5.41) is 7.60. The molecule has 1 unspecified atom stereocenters. The van der Waals surface area contributed by atoms with Crippen molar-refractivity contribution in [2.75, 3.05) is 13.7 Å². The Bertz CT molecular complexity index is 732. The number of rotatable bonds is 6. The van der Waals surface area contributed by atoms with E-state index in [1.807, 2.05) is 10.9 Å². The average molecular weight is 330 g/mol. The molecule has 1 atom stereocenters. The van der Waals surface area contributed by atoms with Crippen molar-refractivity contribution in [1.29, 1.82) is 0 Å². The third-order valence-corrected chi connectivity index (χ3v) is 4.80. The molecule has 0 spiro atoms. The van der Waals surface area contributed by atoms with Crippen LogP contribution < -0.4 is 5.32 Å². The smallest absolute Gasteiger partial charge is 0.274 e. The lowest BCUT2D eigenvalue weighted by atomic mass is 9.93. The molecule has 7 nitrogen and oxygen atoms in total. The molecule has 0 radical (unpaired) electrons. The number of amides is 1. The minimum atomic E-state index is -0.150. The highest BCUT2D eigenvalue weighted by atomic mass is 16.5. The van der Waals surface area contributed by atoms with E-state index in [2.05, 4.69) is 15.4 Å². The zero-order valence-corrected chi connectivity index (χ0v) is 13.8. The van der Waals surface area contributed by atoms with E-state index in [4.69, 9.17) is 9.15 Å². The third-order valence-electron chi connectivity index (χ3n) is 4.80. The first kappa shape index (κ1) is 15.4. The topological polar surface area (TPSA) is 82.2 Å². The van der Waals surface area contributed by atoms with Crippen LogP contribution in [-0.2, 0) is 17.7 Å². The predicted molar refractivity (Wildman–Crippen MR) is 85.7 cm³/mol. The zero-order valence-electron chi connectivity index (χ0n) is 13.8. The molecule has 128 valence electrons. The normalized spacial score (nSPS) is 20.0. The summed E-state index contributed by atoms with van der Waals surface area (Å²) in [7, 11) is 1.68. The summed E-state index contributed by atoms with van der Waals surface area (Å²) >= 11 is 0. The van der Waals surface area contributed by atoms with Crippen molar-refractivity contribution >= 4 is 5.91 Å². The molecule has 1 fully saturated rings. The Morgan fingerprint density at radius 2 is 2.33 bits per heavy atom. The molecule has 0 bridgehead atoms. The van der Waals surface area contributed by atoms with E-state index in [0.717, 1.165) is 43.6 Å². The number of aromatic nitrogens is 3. The monoisotopic (exact) mass is 330 g/mol. The van der Waals surface area contributed by atoms with Crippen LogP contribution in [0.2, 0.25) is 0 Å². The average Bonchev–Trinajstić information content (AvgIpc) is 3.16. The van der Waals surface area contributed by atoms with Gasteiger partial charge in [-0.25, -0.2) is 4.98 Å². The quantitative estimate of drug-likeness (QED) is 0.878. The summed E-state index contributed by atoms with van der Waals surface area (Å²) in [4.78, 5) is 16.8. The highest BCUT2D eigenvalue weighted by Crippen LogP contribution is 2.41. The molecular weight excluding hydrogens is 308 g/mol. The fraction of sp³-hybridized carbons (Fsp3) is 0.588. The number of carbonyl (C=O) groups excluding carboxylic acids is 1. The SMILES string of the molecule is COCCn1ncc2c1C(NC(=O)c1ncoc1C1CC1)CCC2. The number of oxazole rings is 1. The lowest BCUT2D eigenvalue weighted by Crippen LogP contribution is -2.33. The van der Waals surface area contributed by atoms with Gasteiger partial charge in [-0.05, 0) is 37.7 Å². The molecule has 2 aliphatic rings. The van der Waals surface area contributed by atoms with Gasteiger partial charge in [0.1, 0.15) is 5.76 Å². The third kappa shape index (κ3) is 2.84. The van der Waals surface area contributed by atoms with E-state index in [0.29, 0.717) is 24.8 Å². The van der Waals surface area contributed by atoms with Crippen LogP contribution in [0.15, 0.2) is 17.0 Å². The first-order valence-corrected chi connectivity index (χ1v) is 8.55. The Morgan fingerprint density at radius 3 is 3.12 bits per heavy atom. The number of nitrogens with zero attached hydrogens (tertiary/aromatic N) is 3. The Hall–Kier alpha value is -2.15. The van der Waals surface area contributed by atoms with E-state index in [9.17, 15) is 4.79 Å². The summed E-state index contributed by atoms with van der Waals surface area (Å²) < 4.78 is 12.5. The molecule has 4 rings (SSSR count). The number of aryl methyl sites for hydroxylation is 1. The molecule has 2 heterocycles. The van der Waals surface area contributed by atoms with Crippen molar-refractivity contribution in [2.45, 2.75) is 50.6 Å². The summed E-state index contributed by atoms with van der Waals surface area (Å²) in [6.45, 7) is 1.29. The Balaban J connectivity index is 1.54. The Morgan fingerprint density at radius 1 is 1.46 bits per heavy atom. The number of carbonyl (C=O) groups is 1. The summed E-state index contributed by atoms with van der Waals surface area (Å²) in [5.74, 6) is 0.946. The van der Waals surface area contributed by atoms with Crippen molar-refractivity contribution in [3.63, 3.8) is 0 Å². The van der Waals surface area contributed by atoms with Crippen molar-refractivity contribution in [2.24, 2.45) is 0 Å². The van der Waals surface area contributed by atoms with E-state index < -0.39 is 0 Å². The number of ether oxygens (including phenoxy) is 1. The Labute approximate surface area is 140 Å². The van der Waals surface area contributed by atoms with Gasteiger partial charge in [-0.15, -0.1) is 0 Å². The first-order valence-electron chi connectivity index (χ1n) is 8.55. The number of fused-ring (bicyclic) bond motifs is 1. The van der Waals surface area contributed by atoms with Gasteiger partial charge in [0.2, 0.25) is 0 Å². The van der Waals surface area contributed by atoms with Crippen molar-refractivity contribution in [3.8, 4) is 0 Å². The maximum atomic E-state index is 12.7. The van der Waals surface area contributed by atoms with Crippen molar-refractivity contribution in [3.05, 3.63) is 35.3 Å². The molecule has 1 saturated carbocycles. The van der Waals surface area contributed by atoms with Gasteiger partial charge in [-0.1, -0.05) is 0 Å². The van der Waals surface area contributed by atoms with E-state index >= 15 is 0 Å². The van der Waals surface area contributed by atoms with Gasteiger partial charge in [0, 0.05) is 13.0 Å². The molecule has 24 heavy (non-hydrogen) atoms. The molecule has 0 aliphatic heterocycles. The standard InChI is InChI=1S/C17H22N4O3/c1-23-8-7-21-15-12(9-19-21)3-2-4-13(15)20-17(22)14-16(11-5-6-11)24-10-18-14/h9-11,13H,2-8H2,1H3,(H,20,22). The van der Waals surface area contributed by atoms with E-state index in [1.54, 1.807) is 7.11 Å². The summed E-state index contributed by atoms with van der Waals surface area (Å²) in [5.41, 5.74) is 2.75. The van der Waals surface area contributed by atoms with Crippen LogP contribution in [0.4, 0.5) is 0 Å². The maximum absolute atomic E-state index is 12.7. The van der Waals surface area contributed by atoms with Crippen LogP contribution in [0.25, 0.3) is 0 Å².